The number of halogens is 1. The molecule has 2 rings (SSSR count). The third-order valence-corrected chi connectivity index (χ3v) is 3.46. The summed E-state index contributed by atoms with van der Waals surface area (Å²) in [5, 5.41) is 9.66. The summed E-state index contributed by atoms with van der Waals surface area (Å²) in [6.07, 6.45) is 0.624. The molecule has 1 aromatic rings. The van der Waals surface area contributed by atoms with Crippen LogP contribution >= 0.6 is 11.6 Å². The van der Waals surface area contributed by atoms with E-state index in [2.05, 4.69) is 0 Å². The van der Waals surface area contributed by atoms with E-state index in [1.54, 1.807) is 12.1 Å². The molecule has 2 atom stereocenters. The Hall–Kier alpha value is -0.000260. The number of rotatable bonds is 6. The van der Waals surface area contributed by atoms with Gasteiger partial charge in [-0.3, -0.25) is 0 Å². The first kappa shape index (κ1) is 17.1. The number of hydrogen-bond acceptors (Lipinski definition) is 3. The first-order valence-corrected chi connectivity index (χ1v) is 6.18. The smallest absolute Gasteiger partial charge is 1.00 e. The summed E-state index contributed by atoms with van der Waals surface area (Å²) in [7, 11) is 0. The summed E-state index contributed by atoms with van der Waals surface area (Å²) in [6, 6.07) is 7.13. The van der Waals surface area contributed by atoms with Gasteiger partial charge in [0.2, 0.25) is 0 Å². The molecule has 0 saturated carbocycles. The summed E-state index contributed by atoms with van der Waals surface area (Å²) in [5.74, 6) is -0.275. The van der Waals surface area contributed by atoms with Gasteiger partial charge in [-0.1, -0.05) is 24.6 Å². The van der Waals surface area contributed by atoms with Crippen molar-refractivity contribution in [2.75, 3.05) is 13.2 Å². The van der Waals surface area contributed by atoms with E-state index in [-0.39, 0.29) is 46.5 Å². The molecule has 0 amide bonds. The van der Waals surface area contributed by atoms with E-state index in [4.69, 9.17) is 26.2 Å². The van der Waals surface area contributed by atoms with Crippen LogP contribution in [0.3, 0.4) is 0 Å². The van der Waals surface area contributed by atoms with Gasteiger partial charge >= 0.3 is 43.7 Å². The molecule has 1 heterocycles. The second-order valence-electron chi connectivity index (χ2n) is 4.48. The van der Waals surface area contributed by atoms with Gasteiger partial charge in [0.1, 0.15) is 5.75 Å². The van der Waals surface area contributed by atoms with Gasteiger partial charge in [0.25, 0.3) is 0 Å². The molecule has 1 fully saturated rings. The molecule has 0 bridgehead atoms. The fraction of sp³-hybridized carbons (Fsp3) is 0.462. The zero-order chi connectivity index (χ0) is 13.2. The molecule has 4 nitrogen and oxygen atoms in total. The van der Waals surface area contributed by atoms with Crippen molar-refractivity contribution in [2.45, 2.75) is 18.9 Å². The maximum atomic E-state index is 11.0. The molecule has 6 heteroatoms. The Morgan fingerprint density at radius 2 is 2.37 bits per heavy atom. The molecular weight excluding hydrogens is 296 g/mol. The van der Waals surface area contributed by atoms with E-state index < -0.39 is 11.6 Å². The SMILES string of the molecule is CC(CCOc1cccc(Cl)c1)C1(C(=O)O)CO1.[Ca+2].[H-].[H-]. The molecule has 19 heavy (non-hydrogen) atoms. The van der Waals surface area contributed by atoms with E-state index in [1.807, 2.05) is 19.1 Å². The minimum Gasteiger partial charge on any atom is -1.00 e. The van der Waals surface area contributed by atoms with Crippen LogP contribution in [0.15, 0.2) is 24.3 Å². The Labute approximate surface area is 150 Å². The van der Waals surface area contributed by atoms with Crippen molar-refractivity contribution < 1.29 is 22.2 Å². The second kappa shape index (κ2) is 7.14. The molecule has 102 valence electrons. The van der Waals surface area contributed by atoms with Crippen molar-refractivity contribution in [1.82, 2.24) is 0 Å². The Morgan fingerprint density at radius 1 is 1.68 bits per heavy atom. The molecule has 1 saturated heterocycles. The van der Waals surface area contributed by atoms with E-state index in [1.165, 1.54) is 0 Å². The molecule has 0 radical (unpaired) electrons. The fourth-order valence-electron chi connectivity index (χ4n) is 1.84. The summed E-state index contributed by atoms with van der Waals surface area (Å²) in [5.41, 5.74) is -0.988. The quantitative estimate of drug-likeness (QED) is 0.647. The van der Waals surface area contributed by atoms with Crippen LogP contribution in [-0.4, -0.2) is 67.6 Å². The number of carbonyl (C=O) groups is 1. The number of ether oxygens (including phenoxy) is 2. The Bertz CT molecular complexity index is 458. The van der Waals surface area contributed by atoms with Gasteiger partial charge in [0.15, 0.2) is 5.60 Å². The van der Waals surface area contributed by atoms with Crippen molar-refractivity contribution in [3.63, 3.8) is 0 Å². The Balaban J connectivity index is 0. The van der Waals surface area contributed by atoms with Crippen molar-refractivity contribution in [3.8, 4) is 5.75 Å². The minimum absolute atomic E-state index is 0. The summed E-state index contributed by atoms with van der Waals surface area (Å²) >= 11 is 5.83. The largest absolute Gasteiger partial charge is 2.00 e. The first-order chi connectivity index (χ1) is 8.54. The predicted molar refractivity (Wildman–Crippen MR) is 75.0 cm³/mol. The Kier molecular flexibility index (Phi) is 6.40. The van der Waals surface area contributed by atoms with Gasteiger partial charge < -0.3 is 17.4 Å². The number of hydrogen-bond donors (Lipinski definition) is 1. The van der Waals surface area contributed by atoms with E-state index in [0.29, 0.717) is 30.4 Å². The van der Waals surface area contributed by atoms with E-state index >= 15 is 0 Å². The standard InChI is InChI=1S/C13H15ClO4.Ca.2H/c1-9(13(8-18-13)12(15)16)5-6-17-11-4-2-3-10(14)7-11;;;/h2-4,7,9H,5-6,8H2,1H3,(H,15,16);;;/q;+2;2*-1. The van der Waals surface area contributed by atoms with E-state index in [0.717, 1.165) is 0 Å². The van der Waals surface area contributed by atoms with Crippen LogP contribution in [0.25, 0.3) is 0 Å². The van der Waals surface area contributed by atoms with Gasteiger partial charge in [-0.2, -0.15) is 0 Å². The summed E-state index contributed by atoms with van der Waals surface area (Å²) < 4.78 is 10.6. The molecule has 1 aromatic carbocycles. The third kappa shape index (κ3) is 4.23. The molecule has 0 aromatic heterocycles. The van der Waals surface area contributed by atoms with Gasteiger partial charge in [0, 0.05) is 10.9 Å². The second-order valence-corrected chi connectivity index (χ2v) is 4.92. The van der Waals surface area contributed by atoms with Crippen LogP contribution < -0.4 is 4.74 Å². The predicted octanol–water partition coefficient (Wildman–Crippen LogP) is 2.44. The maximum absolute atomic E-state index is 11.0. The van der Waals surface area contributed by atoms with Crippen LogP contribution in [0, 0.1) is 5.92 Å². The molecule has 1 N–H and O–H groups in total. The molecule has 0 spiro atoms. The van der Waals surface area contributed by atoms with Gasteiger partial charge in [0.05, 0.1) is 13.2 Å². The molecule has 2 unspecified atom stereocenters. The Morgan fingerprint density at radius 3 is 2.89 bits per heavy atom. The molecule has 1 aliphatic heterocycles. The number of epoxide rings is 1. The molecule has 0 aliphatic carbocycles. The average molecular weight is 313 g/mol. The molecular formula is C13H17CaClO4. The van der Waals surface area contributed by atoms with Crippen molar-refractivity contribution >= 4 is 55.3 Å². The van der Waals surface area contributed by atoms with Crippen LogP contribution in [0.2, 0.25) is 5.02 Å². The van der Waals surface area contributed by atoms with Crippen molar-refractivity contribution in [3.05, 3.63) is 29.3 Å². The van der Waals surface area contributed by atoms with E-state index in [9.17, 15) is 4.79 Å². The number of benzene rings is 1. The topological polar surface area (TPSA) is 59.1 Å². The molecule has 1 aliphatic rings. The summed E-state index contributed by atoms with van der Waals surface area (Å²) in [4.78, 5) is 11.0. The minimum atomic E-state index is -0.988. The van der Waals surface area contributed by atoms with Crippen LogP contribution in [0.4, 0.5) is 0 Å². The third-order valence-electron chi connectivity index (χ3n) is 3.23. The van der Waals surface area contributed by atoms with Crippen LogP contribution in [0.5, 0.6) is 5.75 Å². The summed E-state index contributed by atoms with van der Waals surface area (Å²) in [6.45, 7) is 2.60. The number of carboxylic acid groups (broad SMARTS) is 1. The normalized spacial score (nSPS) is 22.2. The fourth-order valence-corrected chi connectivity index (χ4v) is 2.02. The average Bonchev–Trinajstić information content (AvgIpc) is 3.10. The van der Waals surface area contributed by atoms with Crippen molar-refractivity contribution in [2.24, 2.45) is 5.92 Å². The van der Waals surface area contributed by atoms with Crippen LogP contribution in [0.1, 0.15) is 16.2 Å². The maximum Gasteiger partial charge on any atom is 2.00 e. The van der Waals surface area contributed by atoms with Gasteiger partial charge in [-0.05, 0) is 24.6 Å². The zero-order valence-electron chi connectivity index (χ0n) is 12.8. The van der Waals surface area contributed by atoms with Crippen LogP contribution in [-0.2, 0) is 9.53 Å². The van der Waals surface area contributed by atoms with Gasteiger partial charge in [-0.25, -0.2) is 4.79 Å². The number of aliphatic carboxylic acids is 1. The van der Waals surface area contributed by atoms with Crippen molar-refractivity contribution in [1.29, 1.82) is 0 Å². The number of carboxylic acids is 1. The van der Waals surface area contributed by atoms with Gasteiger partial charge in [-0.15, -0.1) is 0 Å². The first-order valence-electron chi connectivity index (χ1n) is 5.80. The monoisotopic (exact) mass is 312 g/mol. The zero-order valence-corrected chi connectivity index (χ0v) is 13.7.